The molecule has 4 aromatic rings. The third-order valence-electron chi connectivity index (χ3n) is 5.35. The molecule has 1 N–H and O–H groups in total. The molecule has 34 heavy (non-hydrogen) atoms. The van der Waals surface area contributed by atoms with E-state index >= 15 is 0 Å². The van der Waals surface area contributed by atoms with Gasteiger partial charge in [-0.2, -0.15) is 5.10 Å². The van der Waals surface area contributed by atoms with Crippen LogP contribution in [0.5, 0.6) is 17.2 Å². The standard InChI is InChI=1S/C27H27N3O4/c1-32-24-14-8-11-21(27(24)33-2)19-30-25(15-17-28-30)29-26(31)16-18-34-23-13-7-6-12-22(23)20-9-4-3-5-10-20/h3-15,17H,16,18-19H2,1-2H3,(H,29,31). The number of ether oxygens (including phenoxy) is 3. The number of carbonyl (C=O) groups is 1. The van der Waals surface area contributed by atoms with Gasteiger partial charge in [0.15, 0.2) is 11.5 Å². The van der Waals surface area contributed by atoms with Gasteiger partial charge in [0.1, 0.15) is 11.6 Å². The molecule has 4 rings (SSSR count). The number of hydrogen-bond acceptors (Lipinski definition) is 5. The number of benzene rings is 3. The smallest absolute Gasteiger partial charge is 0.228 e. The number of para-hydroxylation sites is 2. The summed E-state index contributed by atoms with van der Waals surface area (Å²) in [4.78, 5) is 12.6. The normalized spacial score (nSPS) is 10.5. The molecule has 1 heterocycles. The molecule has 0 atom stereocenters. The van der Waals surface area contributed by atoms with Crippen LogP contribution in [-0.4, -0.2) is 36.5 Å². The van der Waals surface area contributed by atoms with Gasteiger partial charge in [0, 0.05) is 17.2 Å². The Morgan fingerprint density at radius 3 is 2.44 bits per heavy atom. The molecule has 3 aromatic carbocycles. The van der Waals surface area contributed by atoms with Crippen LogP contribution in [0.25, 0.3) is 11.1 Å². The first-order valence-corrected chi connectivity index (χ1v) is 11.0. The molecule has 0 saturated carbocycles. The van der Waals surface area contributed by atoms with Gasteiger partial charge < -0.3 is 19.5 Å². The first-order chi connectivity index (χ1) is 16.7. The molecule has 0 aliphatic rings. The van der Waals surface area contributed by atoms with E-state index in [-0.39, 0.29) is 18.9 Å². The van der Waals surface area contributed by atoms with Gasteiger partial charge in [-0.25, -0.2) is 4.68 Å². The van der Waals surface area contributed by atoms with Crippen LogP contribution < -0.4 is 19.5 Å². The van der Waals surface area contributed by atoms with Crippen LogP contribution in [0.15, 0.2) is 85.1 Å². The number of amides is 1. The Labute approximate surface area is 198 Å². The van der Waals surface area contributed by atoms with Gasteiger partial charge in [0.25, 0.3) is 0 Å². The van der Waals surface area contributed by atoms with Gasteiger partial charge in [-0.15, -0.1) is 0 Å². The SMILES string of the molecule is COc1cccc(Cn2nccc2NC(=O)CCOc2ccccc2-c2ccccc2)c1OC. The summed E-state index contributed by atoms with van der Waals surface area (Å²) in [5.41, 5.74) is 2.95. The zero-order valence-electron chi connectivity index (χ0n) is 19.2. The van der Waals surface area contributed by atoms with E-state index in [4.69, 9.17) is 14.2 Å². The van der Waals surface area contributed by atoms with Gasteiger partial charge >= 0.3 is 0 Å². The fraction of sp³-hybridized carbons (Fsp3) is 0.185. The number of anilines is 1. The molecular formula is C27H27N3O4. The summed E-state index contributed by atoms with van der Waals surface area (Å²) in [6.07, 6.45) is 1.85. The third kappa shape index (κ3) is 5.38. The van der Waals surface area contributed by atoms with Crippen LogP contribution in [0.1, 0.15) is 12.0 Å². The predicted octanol–water partition coefficient (Wildman–Crippen LogP) is 5.02. The number of carbonyl (C=O) groups excluding carboxylic acids is 1. The van der Waals surface area contributed by atoms with Crippen molar-refractivity contribution in [1.29, 1.82) is 0 Å². The molecule has 0 saturated heterocycles. The Morgan fingerprint density at radius 2 is 1.65 bits per heavy atom. The topological polar surface area (TPSA) is 74.6 Å². The zero-order valence-corrected chi connectivity index (χ0v) is 19.2. The van der Waals surface area contributed by atoms with Crippen LogP contribution in [-0.2, 0) is 11.3 Å². The lowest BCUT2D eigenvalue weighted by Gasteiger charge is -2.14. The summed E-state index contributed by atoms with van der Waals surface area (Å²) in [6.45, 7) is 0.678. The molecule has 7 nitrogen and oxygen atoms in total. The van der Waals surface area contributed by atoms with E-state index in [9.17, 15) is 4.79 Å². The molecule has 0 bridgehead atoms. The van der Waals surface area contributed by atoms with Crippen molar-refractivity contribution >= 4 is 11.7 Å². The average Bonchev–Trinajstić information content (AvgIpc) is 3.30. The van der Waals surface area contributed by atoms with Gasteiger partial charge in [-0.1, -0.05) is 60.7 Å². The van der Waals surface area contributed by atoms with E-state index in [1.807, 2.05) is 72.8 Å². The molecule has 7 heteroatoms. The molecule has 0 radical (unpaired) electrons. The van der Waals surface area contributed by atoms with E-state index in [2.05, 4.69) is 10.4 Å². The summed E-state index contributed by atoms with van der Waals surface area (Å²) in [5.74, 6) is 2.47. The Balaban J connectivity index is 1.37. The molecule has 0 spiro atoms. The summed E-state index contributed by atoms with van der Waals surface area (Å²) in [7, 11) is 3.20. The Hall–Kier alpha value is -4.26. The highest BCUT2D eigenvalue weighted by Gasteiger charge is 2.14. The van der Waals surface area contributed by atoms with Crippen molar-refractivity contribution in [2.45, 2.75) is 13.0 Å². The molecule has 1 amide bonds. The Morgan fingerprint density at radius 1 is 0.882 bits per heavy atom. The fourth-order valence-corrected chi connectivity index (χ4v) is 3.71. The van der Waals surface area contributed by atoms with Crippen molar-refractivity contribution in [3.8, 4) is 28.4 Å². The minimum Gasteiger partial charge on any atom is -0.493 e. The summed E-state index contributed by atoms with van der Waals surface area (Å²) >= 11 is 0. The second-order valence-electron chi connectivity index (χ2n) is 7.54. The minimum absolute atomic E-state index is 0.156. The highest BCUT2D eigenvalue weighted by molar-refractivity contribution is 5.89. The average molecular weight is 458 g/mol. The molecule has 0 aliphatic carbocycles. The largest absolute Gasteiger partial charge is 0.493 e. The molecule has 174 valence electrons. The van der Waals surface area contributed by atoms with Gasteiger partial charge in [0.2, 0.25) is 5.91 Å². The molecule has 0 aliphatic heterocycles. The van der Waals surface area contributed by atoms with Crippen molar-refractivity contribution in [3.05, 3.63) is 90.6 Å². The maximum atomic E-state index is 12.6. The summed E-state index contributed by atoms with van der Waals surface area (Å²) in [5, 5.41) is 7.26. The number of hydrogen-bond donors (Lipinski definition) is 1. The van der Waals surface area contributed by atoms with Crippen molar-refractivity contribution in [2.24, 2.45) is 0 Å². The molecule has 0 unspecified atom stereocenters. The fourth-order valence-electron chi connectivity index (χ4n) is 3.71. The van der Waals surface area contributed by atoms with Crippen molar-refractivity contribution in [3.63, 3.8) is 0 Å². The lowest BCUT2D eigenvalue weighted by molar-refractivity contribution is -0.116. The van der Waals surface area contributed by atoms with Crippen LogP contribution in [0, 0.1) is 0 Å². The second-order valence-corrected chi connectivity index (χ2v) is 7.54. The quantitative estimate of drug-likeness (QED) is 0.362. The van der Waals surface area contributed by atoms with Crippen molar-refractivity contribution in [1.82, 2.24) is 9.78 Å². The van der Waals surface area contributed by atoms with Gasteiger partial charge in [0.05, 0.1) is 40.0 Å². The number of rotatable bonds is 10. The Kier molecular flexibility index (Phi) is 7.45. The summed E-state index contributed by atoms with van der Waals surface area (Å²) < 4.78 is 18.5. The van der Waals surface area contributed by atoms with Crippen LogP contribution >= 0.6 is 0 Å². The first-order valence-electron chi connectivity index (χ1n) is 11.0. The van der Waals surface area contributed by atoms with Gasteiger partial charge in [-0.05, 0) is 17.7 Å². The highest BCUT2D eigenvalue weighted by atomic mass is 16.5. The number of nitrogens with one attached hydrogen (secondary N) is 1. The lowest BCUT2D eigenvalue weighted by Crippen LogP contribution is -2.18. The van der Waals surface area contributed by atoms with Crippen LogP contribution in [0.4, 0.5) is 5.82 Å². The predicted molar refractivity (Wildman–Crippen MR) is 131 cm³/mol. The van der Waals surface area contributed by atoms with Crippen molar-refractivity contribution < 1.29 is 19.0 Å². The molecular weight excluding hydrogens is 430 g/mol. The third-order valence-corrected chi connectivity index (χ3v) is 5.35. The van der Waals surface area contributed by atoms with Crippen LogP contribution in [0.2, 0.25) is 0 Å². The van der Waals surface area contributed by atoms with Crippen LogP contribution in [0.3, 0.4) is 0 Å². The molecule has 0 fully saturated rings. The number of methoxy groups -OCH3 is 2. The van der Waals surface area contributed by atoms with E-state index in [0.717, 1.165) is 22.4 Å². The Bertz CT molecular complexity index is 1240. The second kappa shape index (κ2) is 11.0. The monoisotopic (exact) mass is 457 g/mol. The van der Waals surface area contributed by atoms with Gasteiger partial charge in [-0.3, -0.25) is 4.79 Å². The first kappa shape index (κ1) is 22.9. The highest BCUT2D eigenvalue weighted by Crippen LogP contribution is 2.32. The van der Waals surface area contributed by atoms with E-state index in [0.29, 0.717) is 23.9 Å². The zero-order chi connectivity index (χ0) is 23.8. The number of aromatic nitrogens is 2. The minimum atomic E-state index is -0.156. The van der Waals surface area contributed by atoms with Crippen molar-refractivity contribution in [2.75, 3.05) is 26.1 Å². The lowest BCUT2D eigenvalue weighted by atomic mass is 10.1. The van der Waals surface area contributed by atoms with E-state index in [1.165, 1.54) is 0 Å². The van der Waals surface area contributed by atoms with E-state index in [1.54, 1.807) is 31.2 Å². The number of nitrogens with zero attached hydrogens (tertiary/aromatic N) is 2. The summed E-state index contributed by atoms with van der Waals surface area (Å²) in [6, 6.07) is 25.3. The molecule has 1 aromatic heterocycles. The van der Waals surface area contributed by atoms with E-state index < -0.39 is 0 Å². The maximum absolute atomic E-state index is 12.6. The maximum Gasteiger partial charge on any atom is 0.228 e.